The van der Waals surface area contributed by atoms with Gasteiger partial charge in [0.25, 0.3) is 0 Å². The van der Waals surface area contributed by atoms with Gasteiger partial charge in [-0.25, -0.2) is 12.7 Å². The summed E-state index contributed by atoms with van der Waals surface area (Å²) in [6, 6.07) is 0. The Balaban J connectivity index is 2.45. The minimum absolute atomic E-state index is 0.269. The van der Waals surface area contributed by atoms with Gasteiger partial charge in [-0.1, -0.05) is 6.92 Å². The first kappa shape index (κ1) is 13.3. The average molecular weight is 252 g/mol. The molecule has 0 aliphatic carbocycles. The zero-order valence-electron chi connectivity index (χ0n) is 9.40. The van der Waals surface area contributed by atoms with Crippen molar-refractivity contribution >= 4 is 21.8 Å². The van der Waals surface area contributed by atoms with E-state index in [2.05, 4.69) is 12.2 Å². The zero-order valence-corrected chi connectivity index (χ0v) is 11.0. The van der Waals surface area contributed by atoms with Gasteiger partial charge in [-0.3, -0.25) is 0 Å². The van der Waals surface area contributed by atoms with Gasteiger partial charge in [0.2, 0.25) is 10.0 Å². The van der Waals surface area contributed by atoms with Crippen LogP contribution in [0.2, 0.25) is 0 Å². The second-order valence-electron chi connectivity index (χ2n) is 3.81. The van der Waals surface area contributed by atoms with Gasteiger partial charge in [-0.2, -0.15) is 11.8 Å². The molecule has 1 aliphatic rings. The lowest BCUT2D eigenvalue weighted by atomic mass is 10.4. The molecule has 0 aromatic rings. The average Bonchev–Trinajstić information content (AvgIpc) is 2.18. The normalized spacial score (nSPS) is 24.3. The van der Waals surface area contributed by atoms with Crippen molar-refractivity contribution in [3.8, 4) is 0 Å². The highest BCUT2D eigenvalue weighted by molar-refractivity contribution is 8.00. The molecule has 0 aromatic heterocycles. The Labute approximate surface area is 96.8 Å². The fraction of sp³-hybridized carbons (Fsp3) is 1.00. The summed E-state index contributed by atoms with van der Waals surface area (Å²) < 4.78 is 25.4. The highest BCUT2D eigenvalue weighted by atomic mass is 32.2. The summed E-state index contributed by atoms with van der Waals surface area (Å²) in [5.74, 6) is 1.19. The summed E-state index contributed by atoms with van der Waals surface area (Å²) in [5, 5.41) is 3.39. The lowest BCUT2D eigenvalue weighted by molar-refractivity contribution is 0.423. The molecule has 0 saturated carbocycles. The van der Waals surface area contributed by atoms with E-state index in [4.69, 9.17) is 0 Å². The first-order chi connectivity index (χ1) is 7.06. The molecule has 1 aliphatic heterocycles. The van der Waals surface area contributed by atoms with Gasteiger partial charge in [0, 0.05) is 24.1 Å². The summed E-state index contributed by atoms with van der Waals surface area (Å²) in [5.41, 5.74) is 0. The van der Waals surface area contributed by atoms with Crippen LogP contribution in [0.4, 0.5) is 0 Å². The maximum atomic E-state index is 11.9. The van der Waals surface area contributed by atoms with Crippen LogP contribution in [0.15, 0.2) is 0 Å². The highest BCUT2D eigenvalue weighted by Gasteiger charge is 2.26. The van der Waals surface area contributed by atoms with Crippen molar-refractivity contribution in [1.29, 1.82) is 0 Å². The van der Waals surface area contributed by atoms with Gasteiger partial charge in [0.05, 0.1) is 5.75 Å². The van der Waals surface area contributed by atoms with Crippen LogP contribution in [0.3, 0.4) is 0 Å². The van der Waals surface area contributed by atoms with Crippen LogP contribution in [-0.2, 0) is 10.0 Å². The minimum Gasteiger partial charge on any atom is -0.320 e. The van der Waals surface area contributed by atoms with Crippen molar-refractivity contribution in [3.63, 3.8) is 0 Å². The van der Waals surface area contributed by atoms with E-state index in [0.29, 0.717) is 24.8 Å². The van der Waals surface area contributed by atoms with Gasteiger partial charge in [0.1, 0.15) is 0 Å². The SMILES string of the molecule is CNCCCS(=O)(=O)N1CCSC(C)C1. The molecular weight excluding hydrogens is 232 g/mol. The monoisotopic (exact) mass is 252 g/mol. The fourth-order valence-corrected chi connectivity index (χ4v) is 4.41. The highest BCUT2D eigenvalue weighted by Crippen LogP contribution is 2.20. The first-order valence-corrected chi connectivity index (χ1v) is 7.96. The number of sulfonamides is 1. The Morgan fingerprint density at radius 3 is 2.87 bits per heavy atom. The predicted octanol–water partition coefficient (Wildman–Crippen LogP) is 0.363. The molecule has 0 radical (unpaired) electrons. The van der Waals surface area contributed by atoms with Gasteiger partial charge in [-0.15, -0.1) is 0 Å². The van der Waals surface area contributed by atoms with E-state index in [1.165, 1.54) is 0 Å². The topological polar surface area (TPSA) is 49.4 Å². The second-order valence-corrected chi connectivity index (χ2v) is 7.45. The Morgan fingerprint density at radius 2 is 2.27 bits per heavy atom. The maximum absolute atomic E-state index is 11.9. The van der Waals surface area contributed by atoms with Crippen LogP contribution in [0.1, 0.15) is 13.3 Å². The molecule has 1 N–H and O–H groups in total. The molecule has 0 bridgehead atoms. The standard InChI is InChI=1S/C9H20N2O2S2/c1-9-8-11(5-6-14-9)15(12,13)7-3-4-10-2/h9-10H,3-8H2,1-2H3. The molecule has 6 heteroatoms. The second kappa shape index (κ2) is 6.08. The molecule has 0 amide bonds. The number of nitrogens with one attached hydrogen (secondary N) is 1. The summed E-state index contributed by atoms with van der Waals surface area (Å²) in [6.07, 6.45) is 0.691. The summed E-state index contributed by atoms with van der Waals surface area (Å²) in [4.78, 5) is 0. The van der Waals surface area contributed by atoms with E-state index in [-0.39, 0.29) is 5.75 Å². The van der Waals surface area contributed by atoms with Gasteiger partial charge >= 0.3 is 0 Å². The van der Waals surface area contributed by atoms with Crippen LogP contribution in [-0.4, -0.2) is 56.2 Å². The van der Waals surface area contributed by atoms with E-state index in [0.717, 1.165) is 12.3 Å². The Hall–Kier alpha value is 0.220. The molecule has 1 atom stereocenters. The molecule has 0 aromatic carbocycles. The maximum Gasteiger partial charge on any atom is 0.214 e. The number of hydrogen-bond donors (Lipinski definition) is 1. The smallest absolute Gasteiger partial charge is 0.214 e. The quantitative estimate of drug-likeness (QED) is 0.718. The van der Waals surface area contributed by atoms with Gasteiger partial charge < -0.3 is 5.32 Å². The lowest BCUT2D eigenvalue weighted by Crippen LogP contribution is -2.42. The Morgan fingerprint density at radius 1 is 1.53 bits per heavy atom. The van der Waals surface area contributed by atoms with Crippen LogP contribution in [0.5, 0.6) is 0 Å². The van der Waals surface area contributed by atoms with Gasteiger partial charge in [0.15, 0.2) is 0 Å². The molecule has 1 saturated heterocycles. The van der Waals surface area contributed by atoms with Crippen molar-refractivity contribution in [2.45, 2.75) is 18.6 Å². The zero-order chi connectivity index (χ0) is 11.3. The van der Waals surface area contributed by atoms with E-state index in [1.54, 1.807) is 4.31 Å². The summed E-state index contributed by atoms with van der Waals surface area (Å²) >= 11 is 1.85. The van der Waals surface area contributed by atoms with Crippen LogP contribution >= 0.6 is 11.8 Å². The minimum atomic E-state index is -3.01. The molecule has 1 fully saturated rings. The van der Waals surface area contributed by atoms with Crippen LogP contribution in [0.25, 0.3) is 0 Å². The van der Waals surface area contributed by atoms with Crippen molar-refractivity contribution in [2.75, 3.05) is 38.2 Å². The fourth-order valence-electron chi connectivity index (χ4n) is 1.60. The van der Waals surface area contributed by atoms with Crippen molar-refractivity contribution in [3.05, 3.63) is 0 Å². The summed E-state index contributed by atoms with van der Waals surface area (Å²) in [7, 11) is -1.17. The summed E-state index contributed by atoms with van der Waals surface area (Å²) in [6.45, 7) is 4.20. The number of nitrogens with zero attached hydrogens (tertiary/aromatic N) is 1. The van der Waals surface area contributed by atoms with E-state index in [9.17, 15) is 8.42 Å². The van der Waals surface area contributed by atoms with Crippen LogP contribution in [0, 0.1) is 0 Å². The Kier molecular flexibility index (Phi) is 5.38. The largest absolute Gasteiger partial charge is 0.320 e. The molecule has 15 heavy (non-hydrogen) atoms. The molecule has 1 heterocycles. The van der Waals surface area contributed by atoms with Crippen molar-refractivity contribution < 1.29 is 8.42 Å². The van der Waals surface area contributed by atoms with Crippen LogP contribution < -0.4 is 5.32 Å². The third-order valence-electron chi connectivity index (χ3n) is 2.43. The molecule has 90 valence electrons. The number of rotatable bonds is 5. The lowest BCUT2D eigenvalue weighted by Gasteiger charge is -2.29. The van der Waals surface area contributed by atoms with Crippen molar-refractivity contribution in [1.82, 2.24) is 9.62 Å². The first-order valence-electron chi connectivity index (χ1n) is 5.30. The molecule has 1 unspecified atom stereocenters. The van der Waals surface area contributed by atoms with E-state index in [1.807, 2.05) is 18.8 Å². The van der Waals surface area contributed by atoms with Gasteiger partial charge in [-0.05, 0) is 20.0 Å². The van der Waals surface area contributed by atoms with E-state index >= 15 is 0 Å². The predicted molar refractivity (Wildman–Crippen MR) is 65.8 cm³/mol. The van der Waals surface area contributed by atoms with Crippen molar-refractivity contribution in [2.24, 2.45) is 0 Å². The molecule has 4 nitrogen and oxygen atoms in total. The number of thioether (sulfide) groups is 1. The molecule has 1 rings (SSSR count). The van der Waals surface area contributed by atoms with E-state index < -0.39 is 10.0 Å². The molecule has 0 spiro atoms. The third-order valence-corrected chi connectivity index (χ3v) is 5.49. The number of hydrogen-bond acceptors (Lipinski definition) is 4. The Bertz CT molecular complexity index is 280. The molecular formula is C9H20N2O2S2. The third kappa shape index (κ3) is 4.30.